The molecule has 9 aromatic rings. The second-order valence-electron chi connectivity index (χ2n) is 13.4. The van der Waals surface area contributed by atoms with Gasteiger partial charge >= 0.3 is 0 Å². The molecule has 0 N–H and O–H groups in total. The minimum Gasteiger partial charge on any atom is -0.0620 e. The normalized spacial score (nSPS) is 12.3. The van der Waals surface area contributed by atoms with Gasteiger partial charge in [-0.15, -0.1) is 0 Å². The zero-order valence-electron chi connectivity index (χ0n) is 26.5. The zero-order valence-corrected chi connectivity index (χ0v) is 26.5. The van der Waals surface area contributed by atoms with Gasteiger partial charge < -0.3 is 0 Å². The van der Waals surface area contributed by atoms with E-state index in [1.165, 1.54) is 121 Å². The summed E-state index contributed by atoms with van der Waals surface area (Å²) in [4.78, 5) is 0. The van der Waals surface area contributed by atoms with E-state index in [1.54, 1.807) is 0 Å². The first-order chi connectivity index (χ1) is 22.5. The van der Waals surface area contributed by atoms with Crippen molar-refractivity contribution in [2.24, 2.45) is 0 Å². The molecule has 0 atom stereocenters. The van der Waals surface area contributed by atoms with Crippen molar-refractivity contribution in [3.8, 4) is 44.5 Å². The van der Waals surface area contributed by atoms with E-state index in [0.717, 1.165) is 0 Å². The Hall–Kier alpha value is -5.46. The molecule has 216 valence electrons. The van der Waals surface area contributed by atoms with Gasteiger partial charge in [0.1, 0.15) is 0 Å². The van der Waals surface area contributed by atoms with Crippen molar-refractivity contribution < 1.29 is 0 Å². The van der Waals surface area contributed by atoms with E-state index in [2.05, 4.69) is 149 Å². The summed E-state index contributed by atoms with van der Waals surface area (Å²) >= 11 is 0. The number of rotatable bonds is 2. The maximum atomic E-state index is 2.45. The molecule has 0 fully saturated rings. The van der Waals surface area contributed by atoms with Gasteiger partial charge in [0.05, 0.1) is 0 Å². The summed E-state index contributed by atoms with van der Waals surface area (Å²) in [6, 6.07) is 46.1. The average Bonchev–Trinajstić information content (AvgIpc) is 3.40. The van der Waals surface area contributed by atoms with Crippen LogP contribution in [-0.4, -0.2) is 0 Å². The molecule has 0 spiro atoms. The SMILES string of the molecule is Cc1cc2c(-c3ccccc3C)c3c(c(-c4ccccc4C)c2cc1C)-c1ccc2c4cccc5cccc(c6ccc-3c1c62)c54. The lowest BCUT2D eigenvalue weighted by molar-refractivity contribution is 1.36. The zero-order chi connectivity index (χ0) is 30.8. The smallest absolute Gasteiger partial charge is 0.000730 e. The molecule has 0 bridgehead atoms. The van der Waals surface area contributed by atoms with Crippen molar-refractivity contribution >= 4 is 53.9 Å². The Morgan fingerprint density at radius 3 is 1.22 bits per heavy atom. The second-order valence-corrected chi connectivity index (χ2v) is 13.4. The van der Waals surface area contributed by atoms with E-state index in [0.29, 0.717) is 0 Å². The standard InChI is InChI=1S/C46H32/c1-25-11-5-7-15-30(25)41-38-23-27(3)28(4)24-39(38)42(31-16-8-6-12-26(31)2)46-37-22-20-35-33-18-10-14-29-13-9-17-32(40(29)33)34-19-21-36(45(41)46)44(37)43(34)35/h5-24H,1-4H3. The maximum absolute atomic E-state index is 2.45. The fourth-order valence-corrected chi connectivity index (χ4v) is 8.71. The fourth-order valence-electron chi connectivity index (χ4n) is 8.71. The molecule has 0 heterocycles. The first kappa shape index (κ1) is 25.8. The van der Waals surface area contributed by atoms with Crippen molar-refractivity contribution in [2.75, 3.05) is 0 Å². The molecule has 0 amide bonds. The molecule has 46 heavy (non-hydrogen) atoms. The number of hydrogen-bond acceptors (Lipinski definition) is 0. The molecule has 10 rings (SSSR count). The van der Waals surface area contributed by atoms with Gasteiger partial charge in [-0.1, -0.05) is 121 Å². The van der Waals surface area contributed by atoms with Crippen LogP contribution in [0.5, 0.6) is 0 Å². The third-order valence-corrected chi connectivity index (χ3v) is 10.9. The van der Waals surface area contributed by atoms with E-state index in [1.807, 2.05) is 0 Å². The predicted octanol–water partition coefficient (Wildman–Crippen LogP) is 13.1. The number of fused-ring (bicyclic) bond motifs is 6. The van der Waals surface area contributed by atoms with Crippen LogP contribution in [0.2, 0.25) is 0 Å². The second kappa shape index (κ2) is 9.05. The minimum atomic E-state index is 1.30. The Labute approximate surface area is 268 Å². The maximum Gasteiger partial charge on any atom is -0.000730 e. The van der Waals surface area contributed by atoms with E-state index in [-0.39, 0.29) is 0 Å². The highest BCUT2D eigenvalue weighted by Crippen LogP contribution is 2.60. The molecule has 1 aliphatic carbocycles. The monoisotopic (exact) mass is 584 g/mol. The minimum absolute atomic E-state index is 1.30. The molecule has 0 aliphatic heterocycles. The summed E-state index contributed by atoms with van der Waals surface area (Å²) in [5.41, 5.74) is 16.1. The van der Waals surface area contributed by atoms with Gasteiger partial charge in [-0.2, -0.15) is 0 Å². The van der Waals surface area contributed by atoms with Crippen LogP contribution in [0.3, 0.4) is 0 Å². The Morgan fingerprint density at radius 1 is 0.283 bits per heavy atom. The summed E-state index contributed by atoms with van der Waals surface area (Å²) in [7, 11) is 0. The van der Waals surface area contributed by atoms with Crippen LogP contribution >= 0.6 is 0 Å². The Bertz CT molecular complexity index is 2590. The Morgan fingerprint density at radius 2 is 0.739 bits per heavy atom. The van der Waals surface area contributed by atoms with Crippen LogP contribution in [0, 0.1) is 27.7 Å². The summed E-state index contributed by atoms with van der Waals surface area (Å²) < 4.78 is 0. The van der Waals surface area contributed by atoms with Crippen LogP contribution < -0.4 is 0 Å². The lowest BCUT2D eigenvalue weighted by Crippen LogP contribution is -1.97. The number of aryl methyl sites for hydroxylation is 4. The fraction of sp³-hybridized carbons (Fsp3) is 0.0870. The van der Waals surface area contributed by atoms with Crippen molar-refractivity contribution in [3.05, 3.63) is 144 Å². The molecule has 0 unspecified atom stereocenters. The summed E-state index contributed by atoms with van der Waals surface area (Å²) in [5.74, 6) is 0. The lowest BCUT2D eigenvalue weighted by Gasteiger charge is -2.23. The van der Waals surface area contributed by atoms with E-state index < -0.39 is 0 Å². The van der Waals surface area contributed by atoms with E-state index >= 15 is 0 Å². The topological polar surface area (TPSA) is 0 Å². The van der Waals surface area contributed by atoms with E-state index in [4.69, 9.17) is 0 Å². The van der Waals surface area contributed by atoms with Crippen molar-refractivity contribution in [2.45, 2.75) is 27.7 Å². The van der Waals surface area contributed by atoms with Crippen LogP contribution in [0.15, 0.2) is 121 Å². The Balaban J connectivity index is 1.50. The summed E-state index contributed by atoms with van der Waals surface area (Å²) in [6.07, 6.45) is 0. The van der Waals surface area contributed by atoms with Crippen LogP contribution in [0.1, 0.15) is 22.3 Å². The molecule has 0 aromatic heterocycles. The molecule has 1 aliphatic rings. The first-order valence-corrected chi connectivity index (χ1v) is 16.4. The highest BCUT2D eigenvalue weighted by atomic mass is 14.3. The van der Waals surface area contributed by atoms with E-state index in [9.17, 15) is 0 Å². The summed E-state index contributed by atoms with van der Waals surface area (Å²) in [5, 5.41) is 13.5. The molecule has 0 saturated heterocycles. The van der Waals surface area contributed by atoms with Crippen LogP contribution in [0.25, 0.3) is 98.4 Å². The molecule has 0 nitrogen and oxygen atoms in total. The molecule has 9 aromatic carbocycles. The van der Waals surface area contributed by atoms with Gasteiger partial charge in [0.25, 0.3) is 0 Å². The lowest BCUT2D eigenvalue weighted by atomic mass is 9.80. The van der Waals surface area contributed by atoms with Crippen molar-refractivity contribution in [3.63, 3.8) is 0 Å². The van der Waals surface area contributed by atoms with Crippen LogP contribution in [-0.2, 0) is 0 Å². The van der Waals surface area contributed by atoms with Gasteiger partial charge in [-0.25, -0.2) is 0 Å². The van der Waals surface area contributed by atoms with Crippen LogP contribution in [0.4, 0.5) is 0 Å². The first-order valence-electron chi connectivity index (χ1n) is 16.4. The highest BCUT2D eigenvalue weighted by molar-refractivity contribution is 6.39. The average molecular weight is 585 g/mol. The molecular weight excluding hydrogens is 553 g/mol. The van der Waals surface area contributed by atoms with Gasteiger partial charge in [-0.05, 0) is 148 Å². The van der Waals surface area contributed by atoms with Gasteiger partial charge in [0.2, 0.25) is 0 Å². The third kappa shape index (κ3) is 3.19. The number of benzene rings is 9. The van der Waals surface area contributed by atoms with Gasteiger partial charge in [0, 0.05) is 0 Å². The Kier molecular flexibility index (Phi) is 5.08. The number of hydrogen-bond donors (Lipinski definition) is 0. The van der Waals surface area contributed by atoms with Gasteiger partial charge in [0.15, 0.2) is 0 Å². The molecule has 0 heteroatoms. The largest absolute Gasteiger partial charge is 0.0620 e. The molecule has 0 saturated carbocycles. The predicted molar refractivity (Wildman–Crippen MR) is 199 cm³/mol. The summed E-state index contributed by atoms with van der Waals surface area (Å²) in [6.45, 7) is 9.04. The van der Waals surface area contributed by atoms with Crippen molar-refractivity contribution in [1.29, 1.82) is 0 Å². The molecule has 0 radical (unpaired) electrons. The third-order valence-electron chi connectivity index (χ3n) is 10.9. The quantitative estimate of drug-likeness (QED) is 0.140. The molecular formula is C46H32. The van der Waals surface area contributed by atoms with Crippen molar-refractivity contribution in [1.82, 2.24) is 0 Å². The highest BCUT2D eigenvalue weighted by Gasteiger charge is 2.32. The van der Waals surface area contributed by atoms with Gasteiger partial charge in [-0.3, -0.25) is 0 Å².